The molecule has 1 amide bonds. The van der Waals surface area contributed by atoms with Gasteiger partial charge in [-0.3, -0.25) is 9.69 Å². The second kappa shape index (κ2) is 8.99. The Labute approximate surface area is 171 Å². The lowest BCUT2D eigenvalue weighted by Gasteiger charge is -2.18. The molecule has 1 aliphatic rings. The third kappa shape index (κ3) is 4.40. The van der Waals surface area contributed by atoms with Gasteiger partial charge in [-0.15, -0.1) is 0 Å². The van der Waals surface area contributed by atoms with Crippen LogP contribution in [0.5, 0.6) is 0 Å². The number of aliphatic hydroxyl groups is 1. The molecule has 0 radical (unpaired) electrons. The molecule has 5 nitrogen and oxygen atoms in total. The number of hydrogen-bond acceptors (Lipinski definition) is 4. The fourth-order valence-corrected chi connectivity index (χ4v) is 3.38. The minimum absolute atomic E-state index is 0.0829. The van der Waals surface area contributed by atoms with Crippen LogP contribution in [0.15, 0.2) is 60.3 Å². The predicted molar refractivity (Wildman–Crippen MR) is 117 cm³/mol. The van der Waals surface area contributed by atoms with Gasteiger partial charge in [-0.1, -0.05) is 42.5 Å². The van der Waals surface area contributed by atoms with E-state index in [9.17, 15) is 4.79 Å². The van der Waals surface area contributed by atoms with E-state index in [1.807, 2.05) is 74.8 Å². The first kappa shape index (κ1) is 20.0. The summed E-state index contributed by atoms with van der Waals surface area (Å²) < 4.78 is 0. The molecule has 1 aliphatic heterocycles. The number of amides is 1. The summed E-state index contributed by atoms with van der Waals surface area (Å²) >= 11 is 5.49. The van der Waals surface area contributed by atoms with Crippen molar-refractivity contribution >= 4 is 35.0 Å². The van der Waals surface area contributed by atoms with E-state index in [4.69, 9.17) is 17.3 Å². The highest BCUT2D eigenvalue weighted by Crippen LogP contribution is 2.25. The Kier molecular flexibility index (Phi) is 6.44. The van der Waals surface area contributed by atoms with E-state index in [1.54, 1.807) is 9.80 Å². The molecule has 0 spiro atoms. The Morgan fingerprint density at radius 2 is 1.79 bits per heavy atom. The quantitative estimate of drug-likeness (QED) is 0.577. The third-order valence-electron chi connectivity index (χ3n) is 4.82. The van der Waals surface area contributed by atoms with E-state index in [-0.39, 0.29) is 12.5 Å². The number of nitrogens with zero attached hydrogens (tertiary/aromatic N) is 3. The summed E-state index contributed by atoms with van der Waals surface area (Å²) in [5, 5.41) is 9.48. The summed E-state index contributed by atoms with van der Waals surface area (Å²) in [5.74, 6) is -0.0829. The van der Waals surface area contributed by atoms with Gasteiger partial charge in [-0.25, -0.2) is 0 Å². The number of thiocarbonyl (C=S) groups is 1. The van der Waals surface area contributed by atoms with Gasteiger partial charge in [0.2, 0.25) is 0 Å². The Hall–Kier alpha value is -2.70. The molecule has 6 heteroatoms. The zero-order chi connectivity index (χ0) is 20.1. The first-order valence-corrected chi connectivity index (χ1v) is 9.69. The minimum atomic E-state index is -0.0829. The van der Waals surface area contributed by atoms with Crippen LogP contribution in [0.1, 0.15) is 17.5 Å². The Bertz CT molecular complexity index is 865. The summed E-state index contributed by atoms with van der Waals surface area (Å²) in [6, 6.07) is 17.9. The SMILES string of the molecule is CN1C(=S)N(Cc2ccccc2)C(=O)C1=Cc1ccc(N(C)CCCO)cc1. The molecule has 1 saturated heterocycles. The molecule has 1 N–H and O–H groups in total. The zero-order valence-electron chi connectivity index (χ0n) is 16.2. The van der Waals surface area contributed by atoms with E-state index < -0.39 is 0 Å². The van der Waals surface area contributed by atoms with Gasteiger partial charge < -0.3 is 14.9 Å². The summed E-state index contributed by atoms with van der Waals surface area (Å²) in [6.07, 6.45) is 2.60. The molecule has 3 rings (SSSR count). The molecule has 0 aromatic heterocycles. The van der Waals surface area contributed by atoms with Crippen LogP contribution in [-0.4, -0.2) is 53.2 Å². The average molecular weight is 396 g/mol. The maximum absolute atomic E-state index is 12.9. The topological polar surface area (TPSA) is 47.0 Å². The normalized spacial score (nSPS) is 15.6. The highest BCUT2D eigenvalue weighted by molar-refractivity contribution is 7.80. The average Bonchev–Trinajstić information content (AvgIpc) is 2.91. The zero-order valence-corrected chi connectivity index (χ0v) is 17.0. The van der Waals surface area contributed by atoms with E-state index >= 15 is 0 Å². The van der Waals surface area contributed by atoms with Crippen molar-refractivity contribution in [1.82, 2.24) is 9.80 Å². The van der Waals surface area contributed by atoms with Gasteiger partial charge in [0.05, 0.1) is 6.54 Å². The summed E-state index contributed by atoms with van der Waals surface area (Å²) in [4.78, 5) is 18.4. The van der Waals surface area contributed by atoms with Crippen LogP contribution >= 0.6 is 12.2 Å². The van der Waals surface area contributed by atoms with E-state index in [0.29, 0.717) is 17.4 Å². The number of carbonyl (C=O) groups excluding carboxylic acids is 1. The number of likely N-dealkylation sites (N-methyl/N-ethyl adjacent to an activating group) is 1. The van der Waals surface area contributed by atoms with Crippen LogP contribution in [0.25, 0.3) is 6.08 Å². The molecule has 0 saturated carbocycles. The molecule has 0 aliphatic carbocycles. The second-order valence-corrected chi connectivity index (χ2v) is 7.20. The van der Waals surface area contributed by atoms with Gasteiger partial charge in [-0.05, 0) is 48.0 Å². The molecular formula is C22H25N3O2S. The van der Waals surface area contributed by atoms with Crippen LogP contribution in [0.3, 0.4) is 0 Å². The van der Waals surface area contributed by atoms with Crippen molar-refractivity contribution in [2.24, 2.45) is 0 Å². The predicted octanol–water partition coefficient (Wildman–Crippen LogP) is 3.11. The van der Waals surface area contributed by atoms with Gasteiger partial charge in [-0.2, -0.15) is 0 Å². The van der Waals surface area contributed by atoms with Crippen LogP contribution in [0.4, 0.5) is 5.69 Å². The van der Waals surface area contributed by atoms with Gasteiger partial charge in [0, 0.05) is 32.9 Å². The van der Waals surface area contributed by atoms with E-state index in [1.165, 1.54) is 0 Å². The van der Waals surface area contributed by atoms with Crippen LogP contribution < -0.4 is 4.90 Å². The van der Waals surface area contributed by atoms with Crippen LogP contribution in [-0.2, 0) is 11.3 Å². The standard InChI is InChI=1S/C22H25N3O2S/c1-23(13-6-14-26)19-11-9-17(10-12-19)15-20-21(27)25(22(28)24(20)2)16-18-7-4-3-5-8-18/h3-5,7-12,15,26H,6,13-14,16H2,1-2H3. The fourth-order valence-electron chi connectivity index (χ4n) is 3.14. The number of benzene rings is 2. The highest BCUT2D eigenvalue weighted by atomic mass is 32.1. The van der Waals surface area contributed by atoms with Crippen molar-refractivity contribution in [1.29, 1.82) is 0 Å². The molecule has 1 heterocycles. The summed E-state index contributed by atoms with van der Waals surface area (Å²) in [6.45, 7) is 1.44. The molecule has 0 atom stereocenters. The smallest absolute Gasteiger partial charge is 0.277 e. The van der Waals surface area contributed by atoms with Gasteiger partial charge in [0.15, 0.2) is 5.11 Å². The summed E-state index contributed by atoms with van der Waals surface area (Å²) in [5.41, 5.74) is 3.63. The van der Waals surface area contributed by atoms with Gasteiger partial charge in [0.1, 0.15) is 5.70 Å². The molecule has 2 aromatic rings. The van der Waals surface area contributed by atoms with Crippen LogP contribution in [0, 0.1) is 0 Å². The molecule has 146 valence electrons. The lowest BCUT2D eigenvalue weighted by molar-refractivity contribution is -0.122. The number of rotatable bonds is 7. The maximum Gasteiger partial charge on any atom is 0.277 e. The van der Waals surface area contributed by atoms with Crippen molar-refractivity contribution in [3.8, 4) is 0 Å². The molecular weight excluding hydrogens is 370 g/mol. The lowest BCUT2D eigenvalue weighted by atomic mass is 10.1. The van der Waals surface area contributed by atoms with Crippen molar-refractivity contribution in [2.75, 3.05) is 32.1 Å². The van der Waals surface area contributed by atoms with E-state index in [0.717, 1.165) is 29.8 Å². The monoisotopic (exact) mass is 395 g/mol. The van der Waals surface area contributed by atoms with Gasteiger partial charge in [0.25, 0.3) is 5.91 Å². The molecule has 1 fully saturated rings. The first-order chi connectivity index (χ1) is 13.5. The Morgan fingerprint density at radius 1 is 1.11 bits per heavy atom. The van der Waals surface area contributed by atoms with Crippen molar-refractivity contribution < 1.29 is 9.90 Å². The first-order valence-electron chi connectivity index (χ1n) is 9.28. The number of carbonyl (C=O) groups is 1. The number of aliphatic hydroxyl groups excluding tert-OH is 1. The summed E-state index contributed by atoms with van der Waals surface area (Å²) in [7, 11) is 3.82. The Morgan fingerprint density at radius 3 is 2.43 bits per heavy atom. The van der Waals surface area contributed by atoms with Gasteiger partial charge >= 0.3 is 0 Å². The second-order valence-electron chi connectivity index (χ2n) is 6.84. The third-order valence-corrected chi connectivity index (χ3v) is 5.31. The van der Waals surface area contributed by atoms with Crippen LogP contribution in [0.2, 0.25) is 0 Å². The molecule has 0 bridgehead atoms. The lowest BCUT2D eigenvalue weighted by Crippen LogP contribution is -2.30. The molecule has 0 unspecified atom stereocenters. The highest BCUT2D eigenvalue weighted by Gasteiger charge is 2.35. The minimum Gasteiger partial charge on any atom is -0.396 e. The number of anilines is 1. The maximum atomic E-state index is 12.9. The number of hydrogen-bond donors (Lipinski definition) is 1. The molecule has 28 heavy (non-hydrogen) atoms. The van der Waals surface area contributed by atoms with Crippen molar-refractivity contribution in [3.05, 3.63) is 71.4 Å². The van der Waals surface area contributed by atoms with Crippen molar-refractivity contribution in [3.63, 3.8) is 0 Å². The Balaban J connectivity index is 1.76. The largest absolute Gasteiger partial charge is 0.396 e. The molecule has 2 aromatic carbocycles. The van der Waals surface area contributed by atoms with E-state index in [2.05, 4.69) is 4.90 Å². The van der Waals surface area contributed by atoms with Crippen molar-refractivity contribution in [2.45, 2.75) is 13.0 Å². The fraction of sp³-hybridized carbons (Fsp3) is 0.273.